The molecule has 3 aromatic rings. The lowest BCUT2D eigenvalue weighted by molar-refractivity contribution is 0.194. The maximum Gasteiger partial charge on any atom is 0.317 e. The Morgan fingerprint density at radius 2 is 1.89 bits per heavy atom. The summed E-state index contributed by atoms with van der Waals surface area (Å²) in [6.45, 7) is 5.59. The van der Waals surface area contributed by atoms with Crippen molar-refractivity contribution in [2.24, 2.45) is 0 Å². The number of carbonyl (C=O) groups excluding carboxylic acids is 1. The summed E-state index contributed by atoms with van der Waals surface area (Å²) in [4.78, 5) is 21.4. The Balaban J connectivity index is 1.33. The van der Waals surface area contributed by atoms with E-state index in [2.05, 4.69) is 35.3 Å². The minimum absolute atomic E-state index is 0.0234. The van der Waals surface area contributed by atoms with Crippen LogP contribution in [0, 0.1) is 6.92 Å². The van der Waals surface area contributed by atoms with Crippen LogP contribution in [-0.4, -0.2) is 42.1 Å². The topological polar surface area (TPSA) is 48.5 Å². The first-order chi connectivity index (χ1) is 13.1. The number of anilines is 1. The second-order valence-corrected chi connectivity index (χ2v) is 8.12. The number of halogens is 1. The first kappa shape index (κ1) is 18.1. The lowest BCUT2D eigenvalue weighted by atomic mass is 10.2. The van der Waals surface area contributed by atoms with Crippen LogP contribution in [0.1, 0.15) is 11.1 Å². The van der Waals surface area contributed by atoms with E-state index in [1.165, 1.54) is 10.3 Å². The molecule has 0 aliphatic carbocycles. The standard InChI is InChI=1S/C20H21ClN4OS/c1-14-3-2-4-17-18(14)23-20(27-17)25-11-9-24(10-12-25)19(26)22-13-15-5-7-16(21)8-6-15/h2-8H,9-13H2,1H3,(H,22,26). The number of nitrogens with zero attached hydrogens (tertiary/aromatic N) is 3. The Labute approximate surface area is 167 Å². The summed E-state index contributed by atoms with van der Waals surface area (Å²) in [5.41, 5.74) is 3.33. The molecule has 2 heterocycles. The van der Waals surface area contributed by atoms with Crippen LogP contribution in [0.4, 0.5) is 9.93 Å². The number of aromatic nitrogens is 1. The van der Waals surface area contributed by atoms with Gasteiger partial charge in [-0.05, 0) is 36.2 Å². The summed E-state index contributed by atoms with van der Waals surface area (Å²) >= 11 is 7.61. The third kappa shape index (κ3) is 4.01. The molecule has 1 saturated heterocycles. The van der Waals surface area contributed by atoms with Crippen LogP contribution in [0.5, 0.6) is 0 Å². The highest BCUT2D eigenvalue weighted by Gasteiger charge is 2.23. The van der Waals surface area contributed by atoms with Gasteiger partial charge in [0.05, 0.1) is 10.2 Å². The van der Waals surface area contributed by atoms with Gasteiger partial charge in [0.15, 0.2) is 5.13 Å². The number of hydrogen-bond acceptors (Lipinski definition) is 4. The van der Waals surface area contributed by atoms with Crippen molar-refractivity contribution < 1.29 is 4.79 Å². The Bertz CT molecular complexity index is 948. The predicted molar refractivity (Wildman–Crippen MR) is 112 cm³/mol. The number of benzene rings is 2. The quantitative estimate of drug-likeness (QED) is 0.713. The number of rotatable bonds is 3. The van der Waals surface area contributed by atoms with E-state index in [1.807, 2.05) is 29.2 Å². The maximum atomic E-state index is 12.4. The van der Waals surface area contributed by atoms with E-state index in [1.54, 1.807) is 11.3 Å². The molecule has 1 N–H and O–H groups in total. The van der Waals surface area contributed by atoms with Crippen molar-refractivity contribution >= 4 is 44.3 Å². The Kier molecular flexibility index (Phi) is 5.18. The van der Waals surface area contributed by atoms with Gasteiger partial charge >= 0.3 is 6.03 Å². The number of piperazine rings is 1. The average molecular weight is 401 g/mol. The molecule has 1 fully saturated rings. The molecule has 2 aromatic carbocycles. The molecule has 0 saturated carbocycles. The van der Waals surface area contributed by atoms with Crippen molar-refractivity contribution in [2.75, 3.05) is 31.1 Å². The van der Waals surface area contributed by atoms with Gasteiger partial charge in [-0.3, -0.25) is 0 Å². The average Bonchev–Trinajstić information content (AvgIpc) is 3.13. The molecule has 0 radical (unpaired) electrons. The van der Waals surface area contributed by atoms with Crippen LogP contribution >= 0.6 is 22.9 Å². The zero-order valence-electron chi connectivity index (χ0n) is 15.1. The number of thiazole rings is 1. The lowest BCUT2D eigenvalue weighted by Gasteiger charge is -2.34. The van der Waals surface area contributed by atoms with Crippen LogP contribution in [0.3, 0.4) is 0 Å². The monoisotopic (exact) mass is 400 g/mol. The van der Waals surface area contributed by atoms with Gasteiger partial charge in [0, 0.05) is 37.7 Å². The van der Waals surface area contributed by atoms with E-state index < -0.39 is 0 Å². The van der Waals surface area contributed by atoms with E-state index in [9.17, 15) is 4.79 Å². The van der Waals surface area contributed by atoms with Gasteiger partial charge in [0.2, 0.25) is 0 Å². The molecule has 1 aliphatic rings. The van der Waals surface area contributed by atoms with Gasteiger partial charge in [-0.15, -0.1) is 0 Å². The van der Waals surface area contributed by atoms with Gasteiger partial charge in [0.25, 0.3) is 0 Å². The zero-order valence-corrected chi connectivity index (χ0v) is 16.7. The van der Waals surface area contributed by atoms with Crippen LogP contribution in [0.2, 0.25) is 5.02 Å². The summed E-state index contributed by atoms with van der Waals surface area (Å²) in [5, 5.41) is 4.73. The van der Waals surface area contributed by atoms with Crippen molar-refractivity contribution in [3.05, 3.63) is 58.6 Å². The molecule has 5 nitrogen and oxygen atoms in total. The number of urea groups is 1. The Morgan fingerprint density at radius 3 is 2.59 bits per heavy atom. The molecule has 140 valence electrons. The fourth-order valence-electron chi connectivity index (χ4n) is 3.20. The number of amides is 2. The highest BCUT2D eigenvalue weighted by atomic mass is 35.5. The van der Waals surface area contributed by atoms with Crippen LogP contribution in [0.15, 0.2) is 42.5 Å². The molecule has 0 spiro atoms. The smallest absolute Gasteiger partial charge is 0.317 e. The molecule has 1 aromatic heterocycles. The van der Waals surface area contributed by atoms with E-state index in [0.717, 1.165) is 29.3 Å². The van der Waals surface area contributed by atoms with Crippen molar-refractivity contribution in [2.45, 2.75) is 13.5 Å². The molecule has 27 heavy (non-hydrogen) atoms. The highest BCUT2D eigenvalue weighted by molar-refractivity contribution is 7.22. The normalized spacial score (nSPS) is 14.6. The van der Waals surface area contributed by atoms with Crippen molar-refractivity contribution in [3.63, 3.8) is 0 Å². The second-order valence-electron chi connectivity index (χ2n) is 6.68. The number of nitrogens with one attached hydrogen (secondary N) is 1. The maximum absolute atomic E-state index is 12.4. The van der Waals surface area contributed by atoms with Gasteiger partial charge in [0.1, 0.15) is 0 Å². The molecule has 7 heteroatoms. The molecule has 4 rings (SSSR count). The van der Waals surface area contributed by atoms with E-state index in [-0.39, 0.29) is 6.03 Å². The summed E-state index contributed by atoms with van der Waals surface area (Å²) in [5.74, 6) is 0. The summed E-state index contributed by atoms with van der Waals surface area (Å²) in [7, 11) is 0. The largest absolute Gasteiger partial charge is 0.345 e. The summed E-state index contributed by atoms with van der Waals surface area (Å²) in [6, 6.07) is 13.8. The fourth-order valence-corrected chi connectivity index (χ4v) is 4.42. The van der Waals surface area contributed by atoms with Gasteiger partial charge in [-0.2, -0.15) is 0 Å². The van der Waals surface area contributed by atoms with Crippen molar-refractivity contribution in [1.82, 2.24) is 15.2 Å². The molecule has 1 aliphatic heterocycles. The second kappa shape index (κ2) is 7.74. The highest BCUT2D eigenvalue weighted by Crippen LogP contribution is 2.30. The predicted octanol–water partition coefficient (Wildman–Crippen LogP) is 4.29. The fraction of sp³-hybridized carbons (Fsp3) is 0.300. The molecular weight excluding hydrogens is 380 g/mol. The Morgan fingerprint density at radius 1 is 1.15 bits per heavy atom. The van der Waals surface area contributed by atoms with Crippen LogP contribution in [0.25, 0.3) is 10.2 Å². The third-order valence-corrected chi connectivity index (χ3v) is 6.14. The minimum atomic E-state index is -0.0234. The van der Waals surface area contributed by atoms with Crippen LogP contribution in [-0.2, 0) is 6.54 Å². The first-order valence-electron chi connectivity index (χ1n) is 8.98. The van der Waals surface area contributed by atoms with E-state index >= 15 is 0 Å². The molecular formula is C20H21ClN4OS. The number of para-hydroxylation sites is 1. The number of aryl methyl sites for hydroxylation is 1. The first-order valence-corrected chi connectivity index (χ1v) is 10.2. The summed E-state index contributed by atoms with van der Waals surface area (Å²) in [6.07, 6.45) is 0. The van der Waals surface area contributed by atoms with E-state index in [0.29, 0.717) is 24.7 Å². The van der Waals surface area contributed by atoms with Crippen molar-refractivity contribution in [1.29, 1.82) is 0 Å². The molecule has 0 atom stereocenters. The molecule has 2 amide bonds. The van der Waals surface area contributed by atoms with Gasteiger partial charge in [-0.25, -0.2) is 9.78 Å². The SMILES string of the molecule is Cc1cccc2sc(N3CCN(C(=O)NCc4ccc(Cl)cc4)CC3)nc12. The zero-order chi connectivity index (χ0) is 18.8. The van der Waals surface area contributed by atoms with Gasteiger partial charge in [-0.1, -0.05) is 47.2 Å². The molecule has 0 bridgehead atoms. The lowest BCUT2D eigenvalue weighted by Crippen LogP contribution is -2.51. The number of hydrogen-bond donors (Lipinski definition) is 1. The molecule has 0 unspecified atom stereocenters. The number of carbonyl (C=O) groups is 1. The van der Waals surface area contributed by atoms with E-state index in [4.69, 9.17) is 16.6 Å². The number of fused-ring (bicyclic) bond motifs is 1. The van der Waals surface area contributed by atoms with Crippen molar-refractivity contribution in [3.8, 4) is 0 Å². The third-order valence-electron chi connectivity index (χ3n) is 4.80. The summed E-state index contributed by atoms with van der Waals surface area (Å²) < 4.78 is 1.22. The Hall–Kier alpha value is -2.31. The van der Waals surface area contributed by atoms with Gasteiger partial charge < -0.3 is 15.1 Å². The van der Waals surface area contributed by atoms with Crippen LogP contribution < -0.4 is 10.2 Å². The minimum Gasteiger partial charge on any atom is -0.345 e.